The summed E-state index contributed by atoms with van der Waals surface area (Å²) < 4.78 is 50.7. The summed E-state index contributed by atoms with van der Waals surface area (Å²) in [6, 6.07) is 1.80. The molecule has 1 atom stereocenters. The molecule has 0 aliphatic carbocycles. The van der Waals surface area contributed by atoms with E-state index in [0.29, 0.717) is 11.8 Å². The van der Waals surface area contributed by atoms with Crippen LogP contribution in [0.2, 0.25) is 0 Å². The molecule has 0 fully saturated rings. The zero-order valence-electron chi connectivity index (χ0n) is 9.37. The molecule has 0 bridgehead atoms. The molecule has 0 aliphatic heterocycles. The first-order valence-corrected chi connectivity index (χ1v) is 5.12. The third kappa shape index (κ3) is 2.71. The van der Waals surface area contributed by atoms with E-state index in [-0.39, 0.29) is 5.56 Å². The molecular formula is C10H9F4N5. The van der Waals surface area contributed by atoms with Crippen molar-refractivity contribution in [3.05, 3.63) is 47.0 Å². The topological polar surface area (TPSA) is 79.6 Å². The van der Waals surface area contributed by atoms with Gasteiger partial charge in [0.05, 0.1) is 17.8 Å². The smallest absolute Gasteiger partial charge is 0.271 e. The molecule has 2 rings (SSSR count). The summed E-state index contributed by atoms with van der Waals surface area (Å²) in [5.41, 5.74) is 1.55. The van der Waals surface area contributed by atoms with Crippen LogP contribution in [0.25, 0.3) is 0 Å². The minimum absolute atomic E-state index is 0.210. The summed E-state index contributed by atoms with van der Waals surface area (Å²) in [6.45, 7) is 0. The van der Waals surface area contributed by atoms with Crippen LogP contribution in [-0.4, -0.2) is 15.4 Å². The minimum Gasteiger partial charge on any atom is -0.271 e. The predicted octanol–water partition coefficient (Wildman–Crippen LogP) is 1.52. The zero-order valence-corrected chi connectivity index (χ0v) is 9.37. The highest BCUT2D eigenvalue weighted by Gasteiger charge is 2.34. The largest absolute Gasteiger partial charge is 0.419 e. The molecule has 1 unspecified atom stereocenters. The van der Waals surface area contributed by atoms with Gasteiger partial charge in [0.15, 0.2) is 0 Å². The summed E-state index contributed by atoms with van der Waals surface area (Å²) in [5, 5.41) is 9.63. The van der Waals surface area contributed by atoms with Gasteiger partial charge < -0.3 is 0 Å². The van der Waals surface area contributed by atoms with Gasteiger partial charge in [-0.3, -0.25) is 5.84 Å². The van der Waals surface area contributed by atoms with Gasteiger partial charge in [0.1, 0.15) is 11.5 Å². The van der Waals surface area contributed by atoms with Crippen molar-refractivity contribution in [1.82, 2.24) is 20.8 Å². The molecular weight excluding hydrogens is 266 g/mol. The first-order chi connectivity index (χ1) is 8.93. The Morgan fingerprint density at radius 3 is 2.53 bits per heavy atom. The van der Waals surface area contributed by atoms with Gasteiger partial charge in [0, 0.05) is 0 Å². The average molecular weight is 275 g/mol. The monoisotopic (exact) mass is 275 g/mol. The van der Waals surface area contributed by atoms with Crippen molar-refractivity contribution in [2.75, 3.05) is 0 Å². The molecule has 0 saturated carbocycles. The van der Waals surface area contributed by atoms with Crippen LogP contribution in [0.5, 0.6) is 0 Å². The minimum atomic E-state index is -4.73. The van der Waals surface area contributed by atoms with Gasteiger partial charge in [-0.05, 0) is 17.7 Å². The molecule has 1 heterocycles. The normalized spacial score (nSPS) is 13.5. The van der Waals surface area contributed by atoms with Gasteiger partial charge in [-0.1, -0.05) is 6.07 Å². The highest BCUT2D eigenvalue weighted by Crippen LogP contribution is 2.32. The highest BCUT2D eigenvalue weighted by molar-refractivity contribution is 5.31. The quantitative estimate of drug-likeness (QED) is 0.451. The number of nitrogens with zero attached hydrogens (tertiary/aromatic N) is 2. The van der Waals surface area contributed by atoms with Gasteiger partial charge >= 0.3 is 6.18 Å². The Hall–Kier alpha value is -2.00. The van der Waals surface area contributed by atoms with Crippen LogP contribution < -0.4 is 11.3 Å². The summed E-state index contributed by atoms with van der Waals surface area (Å²) in [7, 11) is 0. The van der Waals surface area contributed by atoms with E-state index in [2.05, 4.69) is 20.8 Å². The molecule has 4 N–H and O–H groups in total. The lowest BCUT2D eigenvalue weighted by Crippen LogP contribution is -2.29. The SMILES string of the molecule is NNC(c1ccc(C(F)(F)F)c(F)c1)c1cn[nH]n1. The van der Waals surface area contributed by atoms with Crippen molar-refractivity contribution < 1.29 is 17.6 Å². The maximum atomic E-state index is 13.5. The van der Waals surface area contributed by atoms with Crippen molar-refractivity contribution >= 4 is 0 Å². The number of hydrazine groups is 1. The molecule has 1 aromatic heterocycles. The first-order valence-electron chi connectivity index (χ1n) is 5.12. The van der Waals surface area contributed by atoms with Crippen LogP contribution >= 0.6 is 0 Å². The number of rotatable bonds is 3. The highest BCUT2D eigenvalue weighted by atomic mass is 19.4. The Kier molecular flexibility index (Phi) is 3.49. The van der Waals surface area contributed by atoms with Crippen LogP contribution in [0.1, 0.15) is 22.9 Å². The van der Waals surface area contributed by atoms with Gasteiger partial charge in [-0.15, -0.1) is 0 Å². The molecule has 2 aromatic rings. The van der Waals surface area contributed by atoms with Gasteiger partial charge in [-0.2, -0.15) is 28.6 Å². The predicted molar refractivity (Wildman–Crippen MR) is 57.0 cm³/mol. The molecule has 0 radical (unpaired) electrons. The van der Waals surface area contributed by atoms with Crippen LogP contribution in [0.4, 0.5) is 17.6 Å². The first kappa shape index (κ1) is 13.4. The fraction of sp³-hybridized carbons (Fsp3) is 0.200. The Morgan fingerprint density at radius 2 is 2.05 bits per heavy atom. The maximum absolute atomic E-state index is 13.5. The molecule has 0 amide bonds. The number of alkyl halides is 3. The molecule has 0 spiro atoms. The Bertz CT molecular complexity index is 552. The summed E-state index contributed by atoms with van der Waals surface area (Å²) >= 11 is 0. The number of halogens is 4. The van der Waals surface area contributed by atoms with E-state index in [0.717, 1.165) is 12.1 Å². The number of nitrogens with one attached hydrogen (secondary N) is 2. The van der Waals surface area contributed by atoms with E-state index in [1.54, 1.807) is 0 Å². The molecule has 19 heavy (non-hydrogen) atoms. The van der Waals surface area contributed by atoms with Crippen LogP contribution in [-0.2, 0) is 6.18 Å². The van der Waals surface area contributed by atoms with E-state index in [9.17, 15) is 17.6 Å². The second-order valence-corrected chi connectivity index (χ2v) is 3.73. The summed E-state index contributed by atoms with van der Waals surface area (Å²) in [6.07, 6.45) is -3.40. The maximum Gasteiger partial charge on any atom is 0.419 e. The van der Waals surface area contributed by atoms with Gasteiger partial charge in [0.2, 0.25) is 0 Å². The molecule has 9 heteroatoms. The van der Waals surface area contributed by atoms with E-state index >= 15 is 0 Å². The fourth-order valence-corrected chi connectivity index (χ4v) is 1.64. The van der Waals surface area contributed by atoms with Crippen molar-refractivity contribution in [3.63, 3.8) is 0 Å². The molecule has 1 aromatic carbocycles. The Labute approximate surface area is 104 Å². The number of hydrogen-bond donors (Lipinski definition) is 3. The van der Waals surface area contributed by atoms with Gasteiger partial charge in [0.25, 0.3) is 0 Å². The number of aromatic nitrogens is 3. The van der Waals surface area contributed by atoms with Crippen molar-refractivity contribution in [1.29, 1.82) is 0 Å². The molecule has 0 saturated heterocycles. The standard InChI is InChI=1S/C10H9F4N5/c11-7-3-5(1-2-6(7)10(12,13)14)9(17-15)8-4-16-19-18-8/h1-4,9,17H,15H2,(H,16,18,19). The third-order valence-electron chi connectivity index (χ3n) is 2.53. The number of H-pyrrole nitrogens is 1. The van der Waals surface area contributed by atoms with E-state index in [1.165, 1.54) is 6.20 Å². The lowest BCUT2D eigenvalue weighted by atomic mass is 10.0. The average Bonchev–Trinajstić information content (AvgIpc) is 2.82. The molecule has 5 nitrogen and oxygen atoms in total. The zero-order chi connectivity index (χ0) is 14.0. The van der Waals surface area contributed by atoms with Crippen LogP contribution in [0.3, 0.4) is 0 Å². The number of hydrogen-bond acceptors (Lipinski definition) is 4. The van der Waals surface area contributed by atoms with Crippen LogP contribution in [0, 0.1) is 5.82 Å². The fourth-order valence-electron chi connectivity index (χ4n) is 1.64. The third-order valence-corrected chi connectivity index (χ3v) is 2.53. The van der Waals surface area contributed by atoms with Crippen LogP contribution in [0.15, 0.2) is 24.4 Å². The van der Waals surface area contributed by atoms with Crippen molar-refractivity contribution in [2.45, 2.75) is 12.2 Å². The lowest BCUT2D eigenvalue weighted by Gasteiger charge is -2.15. The lowest BCUT2D eigenvalue weighted by molar-refractivity contribution is -0.140. The second kappa shape index (κ2) is 4.94. The number of benzene rings is 1. The van der Waals surface area contributed by atoms with Gasteiger partial charge in [-0.25, -0.2) is 9.82 Å². The number of aromatic amines is 1. The van der Waals surface area contributed by atoms with Crippen molar-refractivity contribution in [3.8, 4) is 0 Å². The summed E-state index contributed by atoms with van der Waals surface area (Å²) in [5.74, 6) is 3.93. The van der Waals surface area contributed by atoms with Crippen molar-refractivity contribution in [2.24, 2.45) is 5.84 Å². The molecule has 0 aliphatic rings. The van der Waals surface area contributed by atoms with E-state index in [1.807, 2.05) is 0 Å². The molecule has 102 valence electrons. The number of nitrogens with two attached hydrogens (primary N) is 1. The Balaban J connectivity index is 2.39. The second-order valence-electron chi connectivity index (χ2n) is 3.73. The summed E-state index contributed by atoms with van der Waals surface area (Å²) in [4.78, 5) is 0. The van der Waals surface area contributed by atoms with E-state index < -0.39 is 23.6 Å². The van der Waals surface area contributed by atoms with E-state index in [4.69, 9.17) is 5.84 Å². The Morgan fingerprint density at radius 1 is 1.32 bits per heavy atom.